The second-order valence-electron chi connectivity index (χ2n) is 6.85. The van der Waals surface area contributed by atoms with Crippen LogP contribution in [0.2, 0.25) is 0 Å². The van der Waals surface area contributed by atoms with Crippen molar-refractivity contribution in [1.82, 2.24) is 0 Å². The average molecular weight is 376 g/mol. The lowest BCUT2D eigenvalue weighted by molar-refractivity contribution is -0.294. The molecule has 1 saturated heterocycles. The van der Waals surface area contributed by atoms with E-state index >= 15 is 0 Å². The zero-order chi connectivity index (χ0) is 19.8. The molecular weight excluding hydrogens is 353 g/mol. The van der Waals surface area contributed by atoms with Gasteiger partial charge in [-0.1, -0.05) is 6.08 Å². The van der Waals surface area contributed by atoms with Crippen LogP contribution in [-0.4, -0.2) is 49.0 Å². The third kappa shape index (κ3) is 3.45. The predicted molar refractivity (Wildman–Crippen MR) is 87.0 cm³/mol. The van der Waals surface area contributed by atoms with Crippen molar-refractivity contribution in [3.05, 3.63) is 35.5 Å². The summed E-state index contributed by atoms with van der Waals surface area (Å²) in [5, 5.41) is 11.0. The minimum absolute atomic E-state index is 0.0626. The number of allylic oxidation sites excluding steroid dienone is 2. The molecule has 0 aromatic rings. The van der Waals surface area contributed by atoms with Crippen molar-refractivity contribution in [1.29, 1.82) is 0 Å². The van der Waals surface area contributed by atoms with Gasteiger partial charge in [-0.25, -0.2) is 4.79 Å². The van der Waals surface area contributed by atoms with E-state index in [0.717, 1.165) is 19.1 Å². The van der Waals surface area contributed by atoms with Crippen LogP contribution >= 0.6 is 0 Å². The Balaban J connectivity index is 2.51. The lowest BCUT2D eigenvalue weighted by atomic mass is 9.61. The monoisotopic (exact) mass is 376 g/mol. The van der Waals surface area contributed by atoms with Crippen LogP contribution in [0, 0.1) is 5.41 Å². The fourth-order valence-corrected chi connectivity index (χ4v) is 3.39. The molecule has 0 radical (unpaired) electrons. The van der Waals surface area contributed by atoms with Crippen molar-refractivity contribution in [3.63, 3.8) is 0 Å². The number of hydrogen-bond donors (Lipinski definition) is 1. The summed E-state index contributed by atoms with van der Waals surface area (Å²) in [5.74, 6) is -2.13. The highest BCUT2D eigenvalue weighted by Crippen LogP contribution is 2.58. The molecule has 0 unspecified atom stereocenters. The first-order valence-electron chi connectivity index (χ1n) is 8.12. The van der Waals surface area contributed by atoms with Crippen LogP contribution in [0.3, 0.4) is 0 Å². The van der Waals surface area contributed by atoms with E-state index in [1.807, 2.05) is 0 Å². The summed E-state index contributed by atoms with van der Waals surface area (Å²) in [4.78, 5) is 11.3. The molecule has 1 aliphatic carbocycles. The van der Waals surface area contributed by atoms with Gasteiger partial charge in [0.15, 0.2) is 5.79 Å². The second kappa shape index (κ2) is 6.83. The van der Waals surface area contributed by atoms with Crippen LogP contribution < -0.4 is 0 Å². The van der Waals surface area contributed by atoms with Crippen LogP contribution in [0.5, 0.6) is 0 Å². The Morgan fingerprint density at radius 3 is 2.42 bits per heavy atom. The maximum atomic E-state index is 14.0. The molecule has 26 heavy (non-hydrogen) atoms. The summed E-state index contributed by atoms with van der Waals surface area (Å²) in [5.41, 5.74) is -4.47. The number of carbonyl (C=O) groups excluding carboxylic acids is 1. The Hall–Kier alpha value is -1.64. The van der Waals surface area contributed by atoms with Crippen LogP contribution in [0.25, 0.3) is 0 Å². The van der Waals surface area contributed by atoms with E-state index in [0.29, 0.717) is 5.57 Å². The number of hydrogen-bond acceptors (Lipinski definition) is 5. The Bertz CT molecular complexity index is 658. The summed E-state index contributed by atoms with van der Waals surface area (Å²) < 4.78 is 57.3. The number of aliphatic hydroxyl groups is 1. The predicted octanol–water partition coefficient (Wildman–Crippen LogP) is 3.05. The zero-order valence-electron chi connectivity index (χ0n) is 15.1. The molecule has 2 atom stereocenters. The Morgan fingerprint density at radius 2 is 1.92 bits per heavy atom. The van der Waals surface area contributed by atoms with Gasteiger partial charge in [0.05, 0.1) is 20.3 Å². The van der Waals surface area contributed by atoms with E-state index in [4.69, 9.17) is 9.47 Å². The largest absolute Gasteiger partial charge is 0.466 e. The van der Waals surface area contributed by atoms with Gasteiger partial charge in [0.2, 0.25) is 0 Å². The van der Waals surface area contributed by atoms with E-state index in [2.05, 4.69) is 4.74 Å². The molecule has 8 heteroatoms. The first-order chi connectivity index (χ1) is 11.9. The van der Waals surface area contributed by atoms with Gasteiger partial charge < -0.3 is 19.3 Å². The standard InChI is InChI=1S/C18H23F3O5/c1-12(9-14(22)24-4)5-6-17(23)13(2)10-16(25-7-8-26-16)11-15(17,3)18(19,20)21/h5-6,9-10,23H,7-8,11H2,1-4H3/b6-5+,12-9-/t15-,17-/m1/s1. The SMILES string of the molecule is COC(=O)/C=C(C)\C=C\[C@@]1(O)C(C)=CC2(C[C@@]1(C)C(F)(F)F)OCCO2. The summed E-state index contributed by atoms with van der Waals surface area (Å²) in [6, 6.07) is 0. The molecule has 2 rings (SSSR count). The van der Waals surface area contributed by atoms with Crippen molar-refractivity contribution in [3.8, 4) is 0 Å². The maximum Gasteiger partial charge on any atom is 0.397 e. The smallest absolute Gasteiger partial charge is 0.397 e. The second-order valence-corrected chi connectivity index (χ2v) is 6.85. The van der Waals surface area contributed by atoms with Crippen molar-refractivity contribution in [2.45, 2.75) is 44.8 Å². The van der Waals surface area contributed by atoms with Gasteiger partial charge in [-0.05, 0) is 44.1 Å². The molecule has 1 heterocycles. The number of alkyl halides is 3. The zero-order valence-corrected chi connectivity index (χ0v) is 15.1. The number of ether oxygens (including phenoxy) is 3. The molecule has 0 bridgehead atoms. The first-order valence-corrected chi connectivity index (χ1v) is 8.12. The van der Waals surface area contributed by atoms with Gasteiger partial charge in [0, 0.05) is 12.5 Å². The lowest BCUT2D eigenvalue weighted by Gasteiger charge is -2.51. The summed E-state index contributed by atoms with van der Waals surface area (Å²) >= 11 is 0. The van der Waals surface area contributed by atoms with E-state index in [1.54, 1.807) is 0 Å². The molecule has 1 aliphatic heterocycles. The van der Waals surface area contributed by atoms with Gasteiger partial charge >= 0.3 is 12.1 Å². The minimum Gasteiger partial charge on any atom is -0.466 e. The minimum atomic E-state index is -4.73. The van der Waals surface area contributed by atoms with Crippen LogP contribution in [-0.2, 0) is 19.0 Å². The topological polar surface area (TPSA) is 65.0 Å². The Labute approximate surface area is 150 Å². The molecule has 0 aromatic carbocycles. The van der Waals surface area contributed by atoms with Gasteiger partial charge in [-0.3, -0.25) is 0 Å². The third-order valence-corrected chi connectivity index (χ3v) is 5.01. The molecule has 1 spiro atoms. The van der Waals surface area contributed by atoms with E-state index in [9.17, 15) is 23.1 Å². The van der Waals surface area contributed by atoms with Crippen molar-refractivity contribution in [2.24, 2.45) is 5.41 Å². The van der Waals surface area contributed by atoms with Crippen LogP contribution in [0.4, 0.5) is 13.2 Å². The fraction of sp³-hybridized carbons (Fsp3) is 0.611. The number of rotatable bonds is 3. The number of halogens is 3. The van der Waals surface area contributed by atoms with Gasteiger partial charge in [-0.15, -0.1) is 0 Å². The highest BCUT2D eigenvalue weighted by Gasteiger charge is 2.68. The number of carbonyl (C=O) groups is 1. The molecular formula is C18H23F3O5. The quantitative estimate of drug-likeness (QED) is 0.355. The summed E-state index contributed by atoms with van der Waals surface area (Å²) in [6.45, 7) is 4.24. The van der Waals surface area contributed by atoms with Crippen LogP contribution in [0.1, 0.15) is 27.2 Å². The molecule has 0 saturated carbocycles. The van der Waals surface area contributed by atoms with Crippen LogP contribution in [0.15, 0.2) is 35.5 Å². The highest BCUT2D eigenvalue weighted by atomic mass is 19.4. The molecule has 0 amide bonds. The van der Waals surface area contributed by atoms with E-state index < -0.39 is 35.4 Å². The van der Waals surface area contributed by atoms with Gasteiger partial charge in [0.1, 0.15) is 11.0 Å². The fourth-order valence-electron chi connectivity index (χ4n) is 3.39. The molecule has 1 fully saturated rings. The highest BCUT2D eigenvalue weighted by molar-refractivity contribution is 5.83. The van der Waals surface area contributed by atoms with Gasteiger partial charge in [0.25, 0.3) is 0 Å². The van der Waals surface area contributed by atoms with E-state index in [1.165, 1.54) is 33.1 Å². The number of methoxy groups -OCH3 is 1. The lowest BCUT2D eigenvalue weighted by Crippen LogP contribution is -2.61. The molecule has 2 aliphatic rings. The Morgan fingerprint density at radius 1 is 1.35 bits per heavy atom. The summed E-state index contributed by atoms with van der Waals surface area (Å²) in [7, 11) is 1.19. The van der Waals surface area contributed by atoms with E-state index in [-0.39, 0.29) is 18.8 Å². The first kappa shape index (κ1) is 20.7. The third-order valence-electron chi connectivity index (χ3n) is 5.01. The van der Waals surface area contributed by atoms with Gasteiger partial charge in [-0.2, -0.15) is 13.2 Å². The molecule has 146 valence electrons. The average Bonchev–Trinajstić information content (AvgIpc) is 2.97. The maximum absolute atomic E-state index is 14.0. The van der Waals surface area contributed by atoms with Crippen molar-refractivity contribution < 1.29 is 37.3 Å². The molecule has 0 aromatic heterocycles. The van der Waals surface area contributed by atoms with Crippen molar-refractivity contribution >= 4 is 5.97 Å². The molecule has 1 N–H and O–H groups in total. The summed E-state index contributed by atoms with van der Waals surface area (Å²) in [6.07, 6.45) is -0.463. The normalized spacial score (nSPS) is 32.2. The Kier molecular flexibility index (Phi) is 5.43. The van der Waals surface area contributed by atoms with Crippen molar-refractivity contribution in [2.75, 3.05) is 20.3 Å². The number of esters is 1. The molecule has 5 nitrogen and oxygen atoms in total.